The molecule has 0 aliphatic rings. The van der Waals surface area contributed by atoms with E-state index in [2.05, 4.69) is 20.4 Å². The van der Waals surface area contributed by atoms with Gasteiger partial charge in [0.2, 0.25) is 5.89 Å². The summed E-state index contributed by atoms with van der Waals surface area (Å²) in [6.45, 7) is 4.45. The van der Waals surface area contributed by atoms with E-state index in [1.54, 1.807) is 18.3 Å². The summed E-state index contributed by atoms with van der Waals surface area (Å²) in [5.74, 6) is 1.32. The molecule has 0 spiro atoms. The fourth-order valence-electron chi connectivity index (χ4n) is 1.71. The van der Waals surface area contributed by atoms with Gasteiger partial charge in [-0.2, -0.15) is 4.98 Å². The Hall–Kier alpha value is -1.89. The number of thioether (sulfide) groups is 1. The summed E-state index contributed by atoms with van der Waals surface area (Å²) in [4.78, 5) is 20.5. The quantitative estimate of drug-likeness (QED) is 0.825. The molecular formula is C14H18N4O2S. The highest BCUT2D eigenvalue weighted by Gasteiger charge is 2.13. The molecule has 112 valence electrons. The van der Waals surface area contributed by atoms with Crippen molar-refractivity contribution in [1.82, 2.24) is 20.4 Å². The predicted molar refractivity (Wildman–Crippen MR) is 80.4 cm³/mol. The molecule has 2 heterocycles. The van der Waals surface area contributed by atoms with Crippen molar-refractivity contribution in [3.63, 3.8) is 0 Å². The Morgan fingerprint density at radius 1 is 1.48 bits per heavy atom. The SMILES string of the molecule is CSc1ncccc1C(=O)NCCc1nc(C(C)C)no1. The maximum absolute atomic E-state index is 12.1. The first-order valence-electron chi connectivity index (χ1n) is 6.71. The number of hydrogen-bond acceptors (Lipinski definition) is 6. The minimum Gasteiger partial charge on any atom is -0.351 e. The lowest BCUT2D eigenvalue weighted by atomic mass is 10.2. The molecule has 0 saturated heterocycles. The highest BCUT2D eigenvalue weighted by Crippen LogP contribution is 2.16. The van der Waals surface area contributed by atoms with Crippen LogP contribution in [0.25, 0.3) is 0 Å². The first kappa shape index (κ1) is 15.5. The Labute approximate surface area is 127 Å². The molecule has 7 heteroatoms. The molecule has 0 bridgehead atoms. The molecule has 0 saturated carbocycles. The maximum Gasteiger partial charge on any atom is 0.254 e. The lowest BCUT2D eigenvalue weighted by Gasteiger charge is -2.06. The van der Waals surface area contributed by atoms with Crippen LogP contribution in [0, 0.1) is 0 Å². The van der Waals surface area contributed by atoms with Crippen LogP contribution in [0.3, 0.4) is 0 Å². The van der Waals surface area contributed by atoms with Crippen molar-refractivity contribution in [3.8, 4) is 0 Å². The molecule has 0 aromatic carbocycles. The summed E-state index contributed by atoms with van der Waals surface area (Å²) >= 11 is 1.45. The lowest BCUT2D eigenvalue weighted by molar-refractivity contribution is 0.0950. The highest BCUT2D eigenvalue weighted by molar-refractivity contribution is 7.98. The number of amides is 1. The standard InChI is InChI=1S/C14H18N4O2S/c1-9(2)12-17-11(20-18-12)6-8-15-13(19)10-5-4-7-16-14(10)21-3/h4-5,7,9H,6,8H2,1-3H3,(H,15,19). The van der Waals surface area contributed by atoms with E-state index in [1.807, 2.05) is 20.1 Å². The molecule has 2 rings (SSSR count). The number of hydrogen-bond donors (Lipinski definition) is 1. The molecule has 6 nitrogen and oxygen atoms in total. The van der Waals surface area contributed by atoms with Gasteiger partial charge in [-0.15, -0.1) is 11.8 Å². The number of aromatic nitrogens is 3. The number of pyridine rings is 1. The third-order valence-electron chi connectivity index (χ3n) is 2.83. The number of carbonyl (C=O) groups excluding carboxylic acids is 1. The van der Waals surface area contributed by atoms with Crippen molar-refractivity contribution in [3.05, 3.63) is 35.6 Å². The zero-order chi connectivity index (χ0) is 15.2. The van der Waals surface area contributed by atoms with Gasteiger partial charge in [0.1, 0.15) is 5.03 Å². The van der Waals surface area contributed by atoms with Gasteiger partial charge in [0, 0.05) is 25.1 Å². The minimum atomic E-state index is -0.143. The molecule has 1 amide bonds. The van der Waals surface area contributed by atoms with Gasteiger partial charge >= 0.3 is 0 Å². The van der Waals surface area contributed by atoms with Crippen LogP contribution in [0.1, 0.15) is 41.8 Å². The van der Waals surface area contributed by atoms with Crippen LogP contribution in [0.4, 0.5) is 0 Å². The maximum atomic E-state index is 12.1. The predicted octanol–water partition coefficient (Wildman–Crippen LogP) is 2.28. The second-order valence-electron chi connectivity index (χ2n) is 4.77. The summed E-state index contributed by atoms with van der Waals surface area (Å²) in [6, 6.07) is 3.51. The summed E-state index contributed by atoms with van der Waals surface area (Å²) in [5.41, 5.74) is 0.582. The van der Waals surface area contributed by atoms with Crippen LogP contribution in [0.15, 0.2) is 27.9 Å². The van der Waals surface area contributed by atoms with E-state index in [1.165, 1.54) is 11.8 Å². The van der Waals surface area contributed by atoms with E-state index in [-0.39, 0.29) is 11.8 Å². The van der Waals surface area contributed by atoms with Gasteiger partial charge in [-0.05, 0) is 18.4 Å². The average molecular weight is 306 g/mol. The molecule has 0 unspecified atom stereocenters. The molecule has 21 heavy (non-hydrogen) atoms. The molecule has 0 fully saturated rings. The van der Waals surface area contributed by atoms with E-state index in [0.717, 1.165) is 5.03 Å². The van der Waals surface area contributed by atoms with Gasteiger partial charge in [-0.1, -0.05) is 19.0 Å². The molecule has 0 aliphatic carbocycles. The monoisotopic (exact) mass is 306 g/mol. The van der Waals surface area contributed by atoms with Crippen LogP contribution in [0.2, 0.25) is 0 Å². The molecule has 0 radical (unpaired) electrons. The Morgan fingerprint density at radius 2 is 2.29 bits per heavy atom. The van der Waals surface area contributed by atoms with Crippen molar-refractivity contribution in [2.45, 2.75) is 31.2 Å². The average Bonchev–Trinajstić information content (AvgIpc) is 2.96. The van der Waals surface area contributed by atoms with Crippen molar-refractivity contribution in [1.29, 1.82) is 0 Å². The van der Waals surface area contributed by atoms with Gasteiger partial charge in [0.15, 0.2) is 5.82 Å². The van der Waals surface area contributed by atoms with Crippen LogP contribution in [-0.4, -0.2) is 33.8 Å². The third kappa shape index (κ3) is 4.04. The first-order chi connectivity index (χ1) is 10.1. The van der Waals surface area contributed by atoms with Crippen LogP contribution in [-0.2, 0) is 6.42 Å². The fourth-order valence-corrected chi connectivity index (χ4v) is 2.26. The smallest absolute Gasteiger partial charge is 0.254 e. The van der Waals surface area contributed by atoms with Crippen molar-refractivity contribution in [2.24, 2.45) is 0 Å². The minimum absolute atomic E-state index is 0.143. The van der Waals surface area contributed by atoms with E-state index in [9.17, 15) is 4.79 Å². The largest absolute Gasteiger partial charge is 0.351 e. The van der Waals surface area contributed by atoms with E-state index < -0.39 is 0 Å². The van der Waals surface area contributed by atoms with Crippen LogP contribution < -0.4 is 5.32 Å². The molecule has 2 aromatic rings. The Balaban J connectivity index is 1.89. The molecular weight excluding hydrogens is 288 g/mol. The van der Waals surface area contributed by atoms with Gasteiger partial charge in [0.25, 0.3) is 5.91 Å². The van der Waals surface area contributed by atoms with Gasteiger partial charge < -0.3 is 9.84 Å². The first-order valence-corrected chi connectivity index (χ1v) is 7.94. The molecule has 0 atom stereocenters. The summed E-state index contributed by atoms with van der Waals surface area (Å²) in [6.07, 6.45) is 4.08. The lowest BCUT2D eigenvalue weighted by Crippen LogP contribution is -2.26. The van der Waals surface area contributed by atoms with Gasteiger partial charge in [0.05, 0.1) is 5.56 Å². The number of rotatable bonds is 6. The highest BCUT2D eigenvalue weighted by atomic mass is 32.2. The molecule has 1 N–H and O–H groups in total. The van der Waals surface area contributed by atoms with E-state index >= 15 is 0 Å². The van der Waals surface area contributed by atoms with Gasteiger partial charge in [-0.3, -0.25) is 4.79 Å². The summed E-state index contributed by atoms with van der Waals surface area (Å²) in [5, 5.41) is 7.44. The van der Waals surface area contributed by atoms with Crippen LogP contribution in [0.5, 0.6) is 0 Å². The zero-order valence-corrected chi connectivity index (χ0v) is 13.1. The van der Waals surface area contributed by atoms with Crippen molar-refractivity contribution < 1.29 is 9.32 Å². The number of nitrogens with zero attached hydrogens (tertiary/aromatic N) is 3. The fraction of sp³-hybridized carbons (Fsp3) is 0.429. The van der Waals surface area contributed by atoms with Gasteiger partial charge in [-0.25, -0.2) is 4.98 Å². The van der Waals surface area contributed by atoms with E-state index in [0.29, 0.717) is 30.2 Å². The normalized spacial score (nSPS) is 10.9. The topological polar surface area (TPSA) is 80.9 Å². The number of nitrogens with one attached hydrogen (secondary N) is 1. The Kier molecular flexibility index (Phi) is 5.32. The van der Waals surface area contributed by atoms with Crippen molar-refractivity contribution >= 4 is 17.7 Å². The van der Waals surface area contributed by atoms with Crippen LogP contribution >= 0.6 is 11.8 Å². The van der Waals surface area contributed by atoms with E-state index in [4.69, 9.17) is 4.52 Å². The third-order valence-corrected chi connectivity index (χ3v) is 3.55. The second kappa shape index (κ2) is 7.21. The van der Waals surface area contributed by atoms with Crippen molar-refractivity contribution in [2.75, 3.05) is 12.8 Å². The molecule has 2 aromatic heterocycles. The summed E-state index contributed by atoms with van der Waals surface area (Å²) < 4.78 is 5.13. The number of carbonyl (C=O) groups is 1. The molecule has 0 aliphatic heterocycles. The Morgan fingerprint density at radius 3 is 2.95 bits per heavy atom. The zero-order valence-electron chi connectivity index (χ0n) is 12.3. The second-order valence-corrected chi connectivity index (χ2v) is 5.56. The Bertz CT molecular complexity index is 613. The summed E-state index contributed by atoms with van der Waals surface area (Å²) in [7, 11) is 0.